The minimum atomic E-state index is -4.04. The molecule has 0 aliphatic carbocycles. The van der Waals surface area contributed by atoms with Crippen LogP contribution >= 0.6 is 11.6 Å². The van der Waals surface area contributed by atoms with Crippen molar-refractivity contribution in [3.8, 4) is 6.07 Å². The minimum absolute atomic E-state index is 0.0991. The number of nitriles is 1. The van der Waals surface area contributed by atoms with Gasteiger partial charge in [-0.05, 0) is 48.4 Å². The predicted octanol–water partition coefficient (Wildman–Crippen LogP) is 0.851. The molecule has 124 valence electrons. The molecular formula is C16H12ClN2O4S-. The van der Waals surface area contributed by atoms with Crippen LogP contribution in [0.1, 0.15) is 11.1 Å². The van der Waals surface area contributed by atoms with Gasteiger partial charge < -0.3 is 9.90 Å². The first-order valence-corrected chi connectivity index (χ1v) is 8.66. The van der Waals surface area contributed by atoms with Crippen molar-refractivity contribution in [1.29, 1.82) is 5.26 Å². The molecule has 0 aromatic heterocycles. The SMILES string of the molecule is N#Cc1ccc(C[C@@H](NS(=O)(=O)c2ccc(Cl)cc2)C(=O)[O-])cc1. The van der Waals surface area contributed by atoms with Gasteiger partial charge in [-0.3, -0.25) is 0 Å². The van der Waals surface area contributed by atoms with Gasteiger partial charge in [0, 0.05) is 5.02 Å². The number of nitrogens with zero attached hydrogens (tertiary/aromatic N) is 1. The van der Waals surface area contributed by atoms with Gasteiger partial charge >= 0.3 is 0 Å². The van der Waals surface area contributed by atoms with Gasteiger partial charge in [-0.25, -0.2) is 13.1 Å². The van der Waals surface area contributed by atoms with E-state index < -0.39 is 22.0 Å². The zero-order valence-corrected chi connectivity index (χ0v) is 13.8. The number of carbonyl (C=O) groups is 1. The van der Waals surface area contributed by atoms with Gasteiger partial charge in [0.2, 0.25) is 10.0 Å². The monoisotopic (exact) mass is 363 g/mol. The summed E-state index contributed by atoms with van der Waals surface area (Å²) in [5.41, 5.74) is 0.979. The number of benzene rings is 2. The van der Waals surface area contributed by atoms with Crippen molar-refractivity contribution in [2.45, 2.75) is 17.4 Å². The molecule has 8 heteroatoms. The van der Waals surface area contributed by atoms with Gasteiger partial charge in [0.05, 0.1) is 28.5 Å². The number of sulfonamides is 1. The first kappa shape index (κ1) is 17.9. The maximum Gasteiger partial charge on any atom is 0.241 e. The zero-order valence-electron chi connectivity index (χ0n) is 12.3. The Morgan fingerprint density at radius 1 is 1.17 bits per heavy atom. The molecule has 0 amide bonds. The Labute approximate surface area is 144 Å². The highest BCUT2D eigenvalue weighted by atomic mass is 35.5. The average molecular weight is 364 g/mol. The molecule has 0 spiro atoms. The molecule has 6 nitrogen and oxygen atoms in total. The van der Waals surface area contributed by atoms with Crippen LogP contribution in [0.25, 0.3) is 0 Å². The molecule has 1 atom stereocenters. The molecule has 0 bridgehead atoms. The summed E-state index contributed by atoms with van der Waals surface area (Å²) >= 11 is 5.71. The van der Waals surface area contributed by atoms with E-state index in [1.54, 1.807) is 12.1 Å². The predicted molar refractivity (Wildman–Crippen MR) is 85.4 cm³/mol. The van der Waals surface area contributed by atoms with Gasteiger partial charge in [0.25, 0.3) is 0 Å². The number of halogens is 1. The second-order valence-corrected chi connectivity index (χ2v) is 7.11. The van der Waals surface area contributed by atoms with Crippen LogP contribution in [0.15, 0.2) is 53.4 Å². The summed E-state index contributed by atoms with van der Waals surface area (Å²) in [5, 5.41) is 20.4. The van der Waals surface area contributed by atoms with Crippen molar-refractivity contribution < 1.29 is 18.3 Å². The average Bonchev–Trinajstić information content (AvgIpc) is 2.55. The number of aliphatic carboxylic acids is 1. The summed E-state index contributed by atoms with van der Waals surface area (Å²) in [4.78, 5) is 11.2. The van der Waals surface area contributed by atoms with Crippen LogP contribution in [-0.4, -0.2) is 20.4 Å². The normalized spacial score (nSPS) is 12.3. The smallest absolute Gasteiger partial charge is 0.241 e. The third-order valence-corrected chi connectivity index (χ3v) is 4.97. The number of hydrogen-bond acceptors (Lipinski definition) is 5. The largest absolute Gasteiger partial charge is 0.548 e. The lowest BCUT2D eigenvalue weighted by atomic mass is 10.1. The quantitative estimate of drug-likeness (QED) is 0.818. The third kappa shape index (κ3) is 4.55. The van der Waals surface area contributed by atoms with E-state index in [4.69, 9.17) is 16.9 Å². The highest BCUT2D eigenvalue weighted by Gasteiger charge is 2.21. The maximum absolute atomic E-state index is 12.3. The van der Waals surface area contributed by atoms with Crippen molar-refractivity contribution >= 4 is 27.6 Å². The Morgan fingerprint density at radius 3 is 2.25 bits per heavy atom. The van der Waals surface area contributed by atoms with Gasteiger partial charge in [0.15, 0.2) is 0 Å². The number of carboxylic acids is 1. The second kappa shape index (κ2) is 7.45. The number of hydrogen-bond donors (Lipinski definition) is 1. The Morgan fingerprint density at radius 2 is 1.75 bits per heavy atom. The van der Waals surface area contributed by atoms with Crippen molar-refractivity contribution in [3.63, 3.8) is 0 Å². The molecule has 0 aliphatic rings. The van der Waals surface area contributed by atoms with Crippen LogP contribution in [0.3, 0.4) is 0 Å². The lowest BCUT2D eigenvalue weighted by Gasteiger charge is -2.20. The lowest BCUT2D eigenvalue weighted by Crippen LogP contribution is -2.49. The van der Waals surface area contributed by atoms with Gasteiger partial charge in [0.1, 0.15) is 0 Å². The third-order valence-electron chi connectivity index (χ3n) is 3.23. The molecule has 0 aliphatic heterocycles. The summed E-state index contributed by atoms with van der Waals surface area (Å²) in [6.45, 7) is 0. The standard InChI is InChI=1S/C16H13ClN2O4S/c17-13-5-7-14(8-6-13)24(22,23)19-15(16(20)21)9-11-1-3-12(10-18)4-2-11/h1-8,15,19H,9H2,(H,20,21)/p-1/t15-/m1/s1. The van der Waals surface area contributed by atoms with Crippen LogP contribution in [0.2, 0.25) is 5.02 Å². The van der Waals surface area contributed by atoms with E-state index in [-0.39, 0.29) is 11.3 Å². The van der Waals surface area contributed by atoms with Crippen LogP contribution < -0.4 is 9.83 Å². The molecule has 24 heavy (non-hydrogen) atoms. The fourth-order valence-corrected chi connectivity index (χ4v) is 3.30. The zero-order chi connectivity index (χ0) is 17.7. The highest BCUT2D eigenvalue weighted by molar-refractivity contribution is 7.89. The van der Waals surface area contributed by atoms with E-state index in [1.807, 2.05) is 6.07 Å². The van der Waals surface area contributed by atoms with Crippen LogP contribution in [-0.2, 0) is 21.2 Å². The van der Waals surface area contributed by atoms with Crippen LogP contribution in [0.5, 0.6) is 0 Å². The van der Waals surface area contributed by atoms with E-state index in [1.165, 1.54) is 36.4 Å². The lowest BCUT2D eigenvalue weighted by molar-refractivity contribution is -0.307. The first-order valence-electron chi connectivity index (χ1n) is 6.79. The van der Waals surface area contributed by atoms with Gasteiger partial charge in [-0.2, -0.15) is 5.26 Å². The number of nitrogens with one attached hydrogen (secondary N) is 1. The summed E-state index contributed by atoms with van der Waals surface area (Å²) in [6.07, 6.45) is -0.110. The summed E-state index contributed by atoms with van der Waals surface area (Å²) < 4.78 is 26.6. The molecule has 0 saturated carbocycles. The van der Waals surface area contributed by atoms with E-state index in [0.29, 0.717) is 16.1 Å². The molecular weight excluding hydrogens is 352 g/mol. The van der Waals surface area contributed by atoms with E-state index >= 15 is 0 Å². The molecule has 1 N–H and O–H groups in total. The molecule has 0 radical (unpaired) electrons. The van der Waals surface area contributed by atoms with E-state index in [0.717, 1.165) is 0 Å². The highest BCUT2D eigenvalue weighted by Crippen LogP contribution is 2.15. The second-order valence-electron chi connectivity index (χ2n) is 4.96. The molecule has 0 unspecified atom stereocenters. The summed E-state index contributed by atoms with van der Waals surface area (Å²) in [6, 6.07) is 12.0. The van der Waals surface area contributed by atoms with Crippen molar-refractivity contribution in [3.05, 3.63) is 64.7 Å². The molecule has 2 aromatic carbocycles. The Balaban J connectivity index is 2.20. The van der Waals surface area contributed by atoms with Crippen LogP contribution in [0, 0.1) is 11.3 Å². The summed E-state index contributed by atoms with van der Waals surface area (Å²) in [7, 11) is -4.04. The summed E-state index contributed by atoms with van der Waals surface area (Å²) in [5.74, 6) is -1.54. The Hall–Kier alpha value is -2.40. The van der Waals surface area contributed by atoms with Crippen LogP contribution in [0.4, 0.5) is 0 Å². The topological polar surface area (TPSA) is 110 Å². The molecule has 2 rings (SSSR count). The number of rotatable bonds is 6. The Bertz CT molecular complexity index is 872. The van der Waals surface area contributed by atoms with E-state index in [2.05, 4.69) is 4.72 Å². The van der Waals surface area contributed by atoms with Gasteiger partial charge in [-0.15, -0.1) is 0 Å². The number of carboxylic acid groups (broad SMARTS) is 1. The Kier molecular flexibility index (Phi) is 5.57. The number of carbonyl (C=O) groups excluding carboxylic acids is 1. The molecule has 0 heterocycles. The first-order chi connectivity index (χ1) is 11.3. The van der Waals surface area contributed by atoms with Crippen molar-refractivity contribution in [1.82, 2.24) is 4.72 Å². The van der Waals surface area contributed by atoms with Gasteiger partial charge in [-0.1, -0.05) is 23.7 Å². The maximum atomic E-state index is 12.3. The fourth-order valence-electron chi connectivity index (χ4n) is 1.99. The fraction of sp³-hybridized carbons (Fsp3) is 0.125. The van der Waals surface area contributed by atoms with Crippen molar-refractivity contribution in [2.24, 2.45) is 0 Å². The molecule has 0 saturated heterocycles. The molecule has 2 aromatic rings. The minimum Gasteiger partial charge on any atom is -0.548 e. The van der Waals surface area contributed by atoms with E-state index in [9.17, 15) is 18.3 Å². The molecule has 0 fully saturated rings. The van der Waals surface area contributed by atoms with Crippen molar-refractivity contribution in [2.75, 3.05) is 0 Å².